The van der Waals surface area contributed by atoms with E-state index in [0.29, 0.717) is 22.4 Å². The number of pyridine rings is 1. The molecule has 2 aromatic heterocycles. The Labute approximate surface area is 186 Å². The molecule has 1 aliphatic rings. The van der Waals surface area contributed by atoms with Gasteiger partial charge in [0.2, 0.25) is 23.2 Å². The first-order valence-electron chi connectivity index (χ1n) is 10.5. The largest absolute Gasteiger partial charge is 0.447 e. The quantitative estimate of drug-likeness (QED) is 0.379. The van der Waals surface area contributed by atoms with E-state index in [2.05, 4.69) is 27.1 Å². The predicted octanol–water partition coefficient (Wildman–Crippen LogP) is 5.05. The SMILES string of the molecule is CCCCCCSc1nnc2c(n1)OC(c1ccncc1)N(C(C)=O)c1ccccc1-2. The third kappa shape index (κ3) is 4.69. The maximum absolute atomic E-state index is 12.7. The average Bonchev–Trinajstić information content (AvgIpc) is 2.94. The highest BCUT2D eigenvalue weighted by Crippen LogP contribution is 2.43. The summed E-state index contributed by atoms with van der Waals surface area (Å²) < 4.78 is 6.34. The molecule has 0 spiro atoms. The Morgan fingerprint density at radius 1 is 1.10 bits per heavy atom. The zero-order valence-corrected chi connectivity index (χ0v) is 18.5. The summed E-state index contributed by atoms with van der Waals surface area (Å²) in [7, 11) is 0. The van der Waals surface area contributed by atoms with Crippen molar-refractivity contribution in [3.63, 3.8) is 0 Å². The van der Waals surface area contributed by atoms with Gasteiger partial charge in [-0.3, -0.25) is 14.7 Å². The molecular formula is C23H25N5O2S. The number of fused-ring (bicyclic) bond motifs is 3. The van der Waals surface area contributed by atoms with E-state index in [1.165, 1.54) is 26.2 Å². The molecule has 4 rings (SSSR count). The summed E-state index contributed by atoms with van der Waals surface area (Å²) in [5.41, 5.74) is 2.82. The molecule has 0 fully saturated rings. The minimum Gasteiger partial charge on any atom is -0.447 e. The van der Waals surface area contributed by atoms with E-state index >= 15 is 0 Å². The zero-order chi connectivity index (χ0) is 21.6. The Morgan fingerprint density at radius 2 is 1.90 bits per heavy atom. The van der Waals surface area contributed by atoms with Gasteiger partial charge in [0.15, 0.2) is 5.69 Å². The molecule has 0 aliphatic carbocycles. The normalized spacial score (nSPS) is 14.9. The van der Waals surface area contributed by atoms with E-state index in [0.717, 1.165) is 23.3 Å². The molecule has 0 saturated carbocycles. The maximum atomic E-state index is 12.7. The topological polar surface area (TPSA) is 81.1 Å². The lowest BCUT2D eigenvalue weighted by Gasteiger charge is -2.29. The number of benzene rings is 1. The van der Waals surface area contributed by atoms with E-state index in [-0.39, 0.29) is 5.91 Å². The van der Waals surface area contributed by atoms with Gasteiger partial charge in [-0.1, -0.05) is 56.1 Å². The number of rotatable bonds is 7. The van der Waals surface area contributed by atoms with Crippen molar-refractivity contribution in [3.05, 3.63) is 54.4 Å². The van der Waals surface area contributed by atoms with Crippen LogP contribution in [0.3, 0.4) is 0 Å². The number of para-hydroxylation sites is 1. The molecule has 3 aromatic rings. The number of aromatic nitrogens is 4. The molecule has 7 nitrogen and oxygen atoms in total. The van der Waals surface area contributed by atoms with Gasteiger partial charge >= 0.3 is 0 Å². The standard InChI is InChI=1S/C23H25N5O2S/c1-3-4-5-8-15-31-23-25-21-20(26-27-23)18-9-6-7-10-19(18)28(16(2)29)22(30-21)17-11-13-24-14-12-17/h6-7,9-14,22H,3-5,8,15H2,1-2H3. The number of ether oxygens (including phenoxy) is 1. The number of carbonyl (C=O) groups is 1. The Balaban J connectivity index is 1.73. The molecule has 0 saturated heterocycles. The lowest BCUT2D eigenvalue weighted by molar-refractivity contribution is -0.118. The molecule has 1 unspecified atom stereocenters. The molecular weight excluding hydrogens is 410 g/mol. The summed E-state index contributed by atoms with van der Waals surface area (Å²) >= 11 is 1.58. The first-order valence-corrected chi connectivity index (χ1v) is 11.5. The number of hydrogen-bond donors (Lipinski definition) is 0. The number of amides is 1. The number of carbonyl (C=O) groups excluding carboxylic acids is 1. The minimum absolute atomic E-state index is 0.138. The number of hydrogen-bond acceptors (Lipinski definition) is 7. The molecule has 160 valence electrons. The summed E-state index contributed by atoms with van der Waals surface area (Å²) in [6, 6.07) is 11.3. The van der Waals surface area contributed by atoms with Crippen molar-refractivity contribution in [2.75, 3.05) is 10.7 Å². The van der Waals surface area contributed by atoms with Gasteiger partial charge in [-0.15, -0.1) is 10.2 Å². The third-order valence-corrected chi connectivity index (χ3v) is 6.00. The van der Waals surface area contributed by atoms with Crippen molar-refractivity contribution in [2.45, 2.75) is 50.9 Å². The van der Waals surface area contributed by atoms with Gasteiger partial charge in [0.1, 0.15) is 0 Å². The molecule has 0 N–H and O–H groups in total. The van der Waals surface area contributed by atoms with Gasteiger partial charge in [0, 0.05) is 36.2 Å². The van der Waals surface area contributed by atoms with Crippen LogP contribution >= 0.6 is 11.8 Å². The first kappa shape index (κ1) is 21.2. The van der Waals surface area contributed by atoms with E-state index < -0.39 is 6.23 Å². The van der Waals surface area contributed by atoms with Crippen LogP contribution in [0.1, 0.15) is 51.3 Å². The van der Waals surface area contributed by atoms with Crippen LogP contribution in [0, 0.1) is 0 Å². The second kappa shape index (κ2) is 9.87. The van der Waals surface area contributed by atoms with Crippen LogP contribution in [0.4, 0.5) is 5.69 Å². The summed E-state index contributed by atoms with van der Waals surface area (Å²) in [4.78, 5) is 23.1. The molecule has 31 heavy (non-hydrogen) atoms. The van der Waals surface area contributed by atoms with Crippen LogP contribution in [-0.2, 0) is 4.79 Å². The molecule has 1 aromatic carbocycles. The summed E-state index contributed by atoms with van der Waals surface area (Å²) in [5.74, 6) is 1.18. The molecule has 8 heteroatoms. The smallest absolute Gasteiger partial charge is 0.247 e. The number of anilines is 1. The van der Waals surface area contributed by atoms with Gasteiger partial charge in [-0.25, -0.2) is 0 Å². The van der Waals surface area contributed by atoms with Crippen molar-refractivity contribution >= 4 is 23.4 Å². The van der Waals surface area contributed by atoms with Gasteiger partial charge in [0.25, 0.3) is 0 Å². The molecule has 1 atom stereocenters. The fourth-order valence-electron chi connectivity index (χ4n) is 3.55. The van der Waals surface area contributed by atoms with Crippen molar-refractivity contribution in [3.8, 4) is 17.1 Å². The fourth-order valence-corrected chi connectivity index (χ4v) is 4.33. The zero-order valence-electron chi connectivity index (χ0n) is 17.7. The van der Waals surface area contributed by atoms with Crippen LogP contribution in [0.2, 0.25) is 0 Å². The van der Waals surface area contributed by atoms with Crippen LogP contribution < -0.4 is 9.64 Å². The van der Waals surface area contributed by atoms with Crippen LogP contribution in [0.25, 0.3) is 11.3 Å². The van der Waals surface area contributed by atoms with Crippen LogP contribution in [0.5, 0.6) is 5.88 Å². The first-order chi connectivity index (χ1) is 15.2. The van der Waals surface area contributed by atoms with Crippen molar-refractivity contribution < 1.29 is 9.53 Å². The number of unbranched alkanes of at least 4 members (excludes halogenated alkanes) is 3. The Kier molecular flexibility index (Phi) is 6.76. The van der Waals surface area contributed by atoms with Crippen LogP contribution in [-0.4, -0.2) is 31.8 Å². The van der Waals surface area contributed by atoms with E-state index in [4.69, 9.17) is 4.74 Å². The summed E-state index contributed by atoms with van der Waals surface area (Å²) in [6.07, 6.45) is 7.44. The van der Waals surface area contributed by atoms with Crippen molar-refractivity contribution in [2.24, 2.45) is 0 Å². The molecule has 1 aliphatic heterocycles. The molecule has 3 heterocycles. The van der Waals surface area contributed by atoms with E-state index in [1.807, 2.05) is 36.4 Å². The minimum atomic E-state index is -0.679. The highest BCUT2D eigenvalue weighted by atomic mass is 32.2. The predicted molar refractivity (Wildman–Crippen MR) is 121 cm³/mol. The van der Waals surface area contributed by atoms with E-state index in [1.54, 1.807) is 29.1 Å². The van der Waals surface area contributed by atoms with Gasteiger partial charge in [-0.2, -0.15) is 4.98 Å². The second-order valence-electron chi connectivity index (χ2n) is 7.31. The van der Waals surface area contributed by atoms with Crippen molar-refractivity contribution in [1.29, 1.82) is 0 Å². The molecule has 1 amide bonds. The van der Waals surface area contributed by atoms with E-state index in [9.17, 15) is 4.79 Å². The lowest BCUT2D eigenvalue weighted by atomic mass is 10.1. The average molecular weight is 436 g/mol. The Bertz CT molecular complexity index is 1050. The fraction of sp³-hybridized carbons (Fsp3) is 0.348. The van der Waals surface area contributed by atoms with Crippen LogP contribution in [0.15, 0.2) is 53.9 Å². The molecule has 0 bridgehead atoms. The highest BCUT2D eigenvalue weighted by molar-refractivity contribution is 7.99. The maximum Gasteiger partial charge on any atom is 0.247 e. The summed E-state index contributed by atoms with van der Waals surface area (Å²) in [5, 5.41) is 9.36. The van der Waals surface area contributed by atoms with Gasteiger partial charge < -0.3 is 4.74 Å². The van der Waals surface area contributed by atoms with Crippen molar-refractivity contribution in [1.82, 2.24) is 20.2 Å². The molecule has 0 radical (unpaired) electrons. The number of thioether (sulfide) groups is 1. The lowest BCUT2D eigenvalue weighted by Crippen LogP contribution is -2.36. The Hall–Kier alpha value is -3.00. The highest BCUT2D eigenvalue weighted by Gasteiger charge is 2.34. The Morgan fingerprint density at radius 3 is 2.68 bits per heavy atom. The van der Waals surface area contributed by atoms with Gasteiger partial charge in [-0.05, 0) is 24.6 Å². The monoisotopic (exact) mass is 435 g/mol. The third-order valence-electron chi connectivity index (χ3n) is 5.07. The van der Waals surface area contributed by atoms with Gasteiger partial charge in [0.05, 0.1) is 5.69 Å². The number of nitrogens with zero attached hydrogens (tertiary/aromatic N) is 5. The summed E-state index contributed by atoms with van der Waals surface area (Å²) in [6.45, 7) is 3.73. The second-order valence-corrected chi connectivity index (χ2v) is 8.38.